The Hall–Kier alpha value is -7.79. The van der Waals surface area contributed by atoms with Crippen LogP contribution < -0.4 is 29.6 Å². The van der Waals surface area contributed by atoms with Crippen LogP contribution in [0.3, 0.4) is 0 Å². The van der Waals surface area contributed by atoms with E-state index in [-0.39, 0.29) is 40.6 Å². The number of thioether (sulfide) groups is 1. The minimum Gasteiger partial charge on any atom is -0.497 e. The third-order valence-corrected chi connectivity index (χ3v) is 17.3. The Labute approximate surface area is 481 Å². The highest BCUT2D eigenvalue weighted by molar-refractivity contribution is 8.13. The monoisotopic (exact) mass is 1150 g/mol. The molecule has 0 bridgehead atoms. The Morgan fingerprint density at radius 2 is 1.16 bits per heavy atom. The van der Waals surface area contributed by atoms with Gasteiger partial charge in [0.1, 0.15) is 63.6 Å². The van der Waals surface area contributed by atoms with Gasteiger partial charge in [-0.3, -0.25) is 9.36 Å². The number of fused-ring (bicyclic) bond motifs is 1. The van der Waals surface area contributed by atoms with Gasteiger partial charge in [0.2, 0.25) is 11.5 Å². The molecule has 3 heterocycles. The molecule has 1 saturated heterocycles. The number of aromatic nitrogens is 4. The van der Waals surface area contributed by atoms with Crippen molar-refractivity contribution in [2.24, 2.45) is 5.41 Å². The average molecular weight is 1150 g/mol. The van der Waals surface area contributed by atoms with Crippen LogP contribution in [-0.2, 0) is 39.8 Å². The molecule has 20 heteroatoms. The summed E-state index contributed by atoms with van der Waals surface area (Å²) in [5.41, 5.74) is -3.35. The fraction of sp³-hybridized carbons (Fsp3) is 0.306. The molecule has 0 amide bonds. The first-order valence-electron chi connectivity index (χ1n) is 26.5. The van der Waals surface area contributed by atoms with Crippen molar-refractivity contribution in [2.75, 3.05) is 58.0 Å². The largest absolute Gasteiger partial charge is 0.497 e. The predicted octanol–water partition coefficient (Wildman–Crippen LogP) is 10.3. The second kappa shape index (κ2) is 24.7. The highest BCUT2D eigenvalue weighted by Crippen LogP contribution is 2.49. The molecule has 1 aliphatic heterocycles. The fourth-order valence-corrected chi connectivity index (χ4v) is 11.9. The molecule has 4 N–H and O–H groups in total. The van der Waals surface area contributed by atoms with Crippen molar-refractivity contribution in [3.63, 3.8) is 0 Å². The molecule has 426 valence electrons. The summed E-state index contributed by atoms with van der Waals surface area (Å²) in [6.07, 6.45) is -1.22. The van der Waals surface area contributed by atoms with Crippen LogP contribution in [0.5, 0.6) is 23.0 Å². The van der Waals surface area contributed by atoms with Crippen molar-refractivity contribution < 1.29 is 52.3 Å². The zero-order valence-corrected chi connectivity index (χ0v) is 48.6. The number of nitrogens with zero attached hydrogens (tertiary/aromatic N) is 5. The van der Waals surface area contributed by atoms with Crippen molar-refractivity contribution in [1.29, 1.82) is 5.26 Å². The molecule has 1 aliphatic rings. The minimum atomic E-state index is -3.22. The summed E-state index contributed by atoms with van der Waals surface area (Å²) in [7, 11) is 3.18. The van der Waals surface area contributed by atoms with Gasteiger partial charge in [0.05, 0.1) is 47.8 Å². The third kappa shape index (κ3) is 11.2. The second-order valence-corrected chi connectivity index (χ2v) is 22.5. The van der Waals surface area contributed by atoms with Crippen LogP contribution in [0.4, 0.5) is 11.8 Å². The first-order valence-corrected chi connectivity index (χ1v) is 28.7. The quantitative estimate of drug-likeness (QED) is 0.0250. The maximum Gasteiger partial charge on any atom is 0.319 e. The Balaban J connectivity index is 1.24. The van der Waals surface area contributed by atoms with Gasteiger partial charge < -0.3 is 53.6 Å². The summed E-state index contributed by atoms with van der Waals surface area (Å²) in [5, 5.41) is 48.8. The summed E-state index contributed by atoms with van der Waals surface area (Å²) in [5.74, 6) is 2.87. The summed E-state index contributed by atoms with van der Waals surface area (Å²) < 4.78 is 54.7. The van der Waals surface area contributed by atoms with Gasteiger partial charge in [0, 0.05) is 11.2 Å². The molecule has 0 aliphatic carbocycles. The standard InChI is InChI=1S/C62H66N7O11PS/c1-9-58(2,3)56(71)82-37-36-78-81(73)79-39-51-53(70)59(4,72)60(40-63,80-51)52-38-64-55-54(66-61(41-16-12-10-13-17-41,43-20-28-47(74-5)29-21-43)44-22-30-48(75-6)31-23-44)65-57(68-69(52)55)67-62(42-18-14-11-15-19-42,45-24-32-49(76-7)33-25-45)46-26-34-50(77-8)35-27-46/h10-35,38,51,53,70,72,81H,9,36-37,39H2,1-8H3,(H2,65,66,67,68)/t51-,53-,59-,60+/m1/s1. The van der Waals surface area contributed by atoms with E-state index in [4.69, 9.17) is 47.8 Å². The molecule has 2 aromatic heterocycles. The van der Waals surface area contributed by atoms with Gasteiger partial charge in [-0.2, -0.15) is 10.2 Å². The van der Waals surface area contributed by atoms with E-state index >= 15 is 0 Å². The number of hydrogen-bond acceptors (Lipinski definition) is 18. The van der Waals surface area contributed by atoms with Gasteiger partial charge in [-0.1, -0.05) is 142 Å². The van der Waals surface area contributed by atoms with E-state index in [0.717, 1.165) is 45.1 Å². The van der Waals surface area contributed by atoms with Crippen LogP contribution in [0.2, 0.25) is 0 Å². The highest BCUT2D eigenvalue weighted by Gasteiger charge is 2.66. The average Bonchev–Trinajstić information content (AvgIpc) is 4.24. The molecule has 5 atom stereocenters. The molecular formula is C62H66N7O11PS. The number of carbonyl (C=O) groups is 1. The van der Waals surface area contributed by atoms with E-state index in [1.165, 1.54) is 17.6 Å². The van der Waals surface area contributed by atoms with Gasteiger partial charge in [-0.05, 0) is 95.3 Å². The van der Waals surface area contributed by atoms with E-state index < -0.39 is 54.8 Å². The van der Waals surface area contributed by atoms with Crippen molar-refractivity contribution in [1.82, 2.24) is 19.6 Å². The van der Waals surface area contributed by atoms with Crippen molar-refractivity contribution in [2.45, 2.75) is 68.6 Å². The summed E-state index contributed by atoms with van der Waals surface area (Å²) in [4.78, 5) is 23.0. The van der Waals surface area contributed by atoms with E-state index in [1.807, 2.05) is 178 Å². The zero-order chi connectivity index (χ0) is 58.3. The number of nitrogens with one attached hydrogen (secondary N) is 2. The first kappa shape index (κ1) is 58.9. The Morgan fingerprint density at radius 3 is 1.59 bits per heavy atom. The van der Waals surface area contributed by atoms with Crippen LogP contribution >= 0.6 is 20.0 Å². The van der Waals surface area contributed by atoms with Gasteiger partial charge in [0.15, 0.2) is 16.6 Å². The van der Waals surface area contributed by atoms with Crippen LogP contribution in [0.15, 0.2) is 164 Å². The number of carbonyl (C=O) groups excluding carboxylic acids is 1. The topological polar surface area (TPSA) is 230 Å². The molecule has 1 unspecified atom stereocenters. The molecule has 0 spiro atoms. The molecule has 6 aromatic carbocycles. The third-order valence-electron chi connectivity index (χ3n) is 15.3. The van der Waals surface area contributed by atoms with Gasteiger partial charge in [0.25, 0.3) is 0 Å². The lowest BCUT2D eigenvalue weighted by Gasteiger charge is -2.39. The SMILES string of the molecule is CCC(C)(C)C(=O)SCCO[PH](=O)OC[C@H]1O[C@@](C#N)(c2cnc3c(NC(c4ccccc4)(c4ccc(OC)cc4)c4ccc(OC)cc4)nc(NC(c4ccccc4)(c4ccc(OC)cc4)c4ccc(OC)cc4)nn23)[C@](C)(O)[C@@H]1O. The van der Waals surface area contributed by atoms with Crippen LogP contribution in [-0.4, -0.2) is 100 Å². The van der Waals surface area contributed by atoms with Crippen molar-refractivity contribution in [3.05, 3.63) is 203 Å². The Morgan fingerprint density at radius 1 is 0.720 bits per heavy atom. The molecular weight excluding hydrogens is 1080 g/mol. The van der Waals surface area contributed by atoms with E-state index in [1.54, 1.807) is 28.4 Å². The molecule has 82 heavy (non-hydrogen) atoms. The van der Waals surface area contributed by atoms with Gasteiger partial charge in [-0.15, -0.1) is 5.10 Å². The number of nitriles is 1. The number of methoxy groups -OCH3 is 4. The minimum absolute atomic E-state index is 0.00353. The molecule has 1 fully saturated rings. The maximum absolute atomic E-state index is 13.2. The highest BCUT2D eigenvalue weighted by atomic mass is 32.2. The number of anilines is 2. The maximum atomic E-state index is 13.2. The number of ether oxygens (including phenoxy) is 5. The number of imidazole rings is 1. The summed E-state index contributed by atoms with van der Waals surface area (Å²) >= 11 is 1.08. The summed E-state index contributed by atoms with van der Waals surface area (Å²) in [6, 6.07) is 52.3. The lowest BCUT2D eigenvalue weighted by Crippen LogP contribution is -2.52. The lowest BCUT2D eigenvalue weighted by molar-refractivity contribution is -0.118. The number of hydrogen-bond donors (Lipinski definition) is 4. The first-order chi connectivity index (χ1) is 39.5. The van der Waals surface area contributed by atoms with Crippen LogP contribution in [0, 0.1) is 16.7 Å². The van der Waals surface area contributed by atoms with Crippen LogP contribution in [0.25, 0.3) is 5.65 Å². The molecule has 0 saturated carbocycles. The van der Waals surface area contributed by atoms with Crippen molar-refractivity contribution in [3.8, 4) is 29.1 Å². The van der Waals surface area contributed by atoms with Gasteiger partial charge in [-0.25, -0.2) is 9.50 Å². The van der Waals surface area contributed by atoms with Crippen molar-refractivity contribution >= 4 is 42.5 Å². The summed E-state index contributed by atoms with van der Waals surface area (Å²) in [6.45, 7) is 6.32. The normalized spacial score (nSPS) is 18.5. The predicted molar refractivity (Wildman–Crippen MR) is 314 cm³/mol. The number of aliphatic hydroxyl groups is 2. The smallest absolute Gasteiger partial charge is 0.319 e. The number of benzene rings is 6. The fourth-order valence-electron chi connectivity index (χ4n) is 10.2. The van der Waals surface area contributed by atoms with E-state index in [9.17, 15) is 24.8 Å². The zero-order valence-electron chi connectivity index (χ0n) is 46.8. The lowest BCUT2D eigenvalue weighted by atomic mass is 9.77. The molecule has 8 aromatic rings. The molecule has 0 radical (unpaired) electrons. The molecule has 18 nitrogen and oxygen atoms in total. The van der Waals surface area contributed by atoms with Crippen LogP contribution in [0.1, 0.15) is 73.2 Å². The molecule has 9 rings (SSSR count). The number of rotatable bonds is 24. The number of aliphatic hydroxyl groups excluding tert-OH is 1. The van der Waals surface area contributed by atoms with E-state index in [0.29, 0.717) is 29.4 Å². The Kier molecular flexibility index (Phi) is 17.8. The van der Waals surface area contributed by atoms with E-state index in [2.05, 4.69) is 16.7 Å². The van der Waals surface area contributed by atoms with Gasteiger partial charge >= 0.3 is 8.25 Å². The second-order valence-electron chi connectivity index (χ2n) is 20.4. The Bertz CT molecular complexity index is 3440.